The van der Waals surface area contributed by atoms with Gasteiger partial charge in [0.15, 0.2) is 0 Å². The Kier molecular flexibility index (Phi) is 6.15. The minimum atomic E-state index is -0.387. The SMILES string of the molecule is C=C1CC[C@@H](OC(=O)[C@H](C)CC)C(C)(C)[C@H]1COc1ccc2ccc(=O)oc2c1. The third kappa shape index (κ3) is 4.55. The minimum Gasteiger partial charge on any atom is -0.493 e. The second kappa shape index (κ2) is 8.44. The van der Waals surface area contributed by atoms with E-state index in [1.165, 1.54) is 6.07 Å². The molecular formula is C24H30O5. The first kappa shape index (κ1) is 21.2. The first-order valence-electron chi connectivity index (χ1n) is 10.3. The molecule has 0 aliphatic heterocycles. The van der Waals surface area contributed by atoms with E-state index in [-0.39, 0.29) is 34.9 Å². The number of hydrogen-bond acceptors (Lipinski definition) is 5. The molecule has 156 valence electrons. The lowest BCUT2D eigenvalue weighted by molar-refractivity contribution is -0.164. The van der Waals surface area contributed by atoms with Crippen LogP contribution >= 0.6 is 0 Å². The maximum absolute atomic E-state index is 12.3. The number of hydrogen-bond donors (Lipinski definition) is 0. The monoisotopic (exact) mass is 398 g/mol. The number of carbonyl (C=O) groups excluding carboxylic acids is 1. The van der Waals surface area contributed by atoms with E-state index in [1.807, 2.05) is 26.0 Å². The number of esters is 1. The summed E-state index contributed by atoms with van der Waals surface area (Å²) in [4.78, 5) is 23.8. The molecule has 29 heavy (non-hydrogen) atoms. The molecule has 0 radical (unpaired) electrons. The van der Waals surface area contributed by atoms with Gasteiger partial charge in [0.1, 0.15) is 17.4 Å². The van der Waals surface area contributed by atoms with E-state index < -0.39 is 0 Å². The summed E-state index contributed by atoms with van der Waals surface area (Å²) in [5.41, 5.74) is 0.930. The lowest BCUT2D eigenvalue weighted by Gasteiger charge is -2.45. The van der Waals surface area contributed by atoms with Crippen molar-refractivity contribution in [2.75, 3.05) is 6.61 Å². The molecular weight excluding hydrogens is 368 g/mol. The highest BCUT2D eigenvalue weighted by molar-refractivity contribution is 5.77. The third-order valence-electron chi connectivity index (χ3n) is 6.23. The summed E-state index contributed by atoms with van der Waals surface area (Å²) in [6.07, 6.45) is 2.19. The predicted molar refractivity (Wildman–Crippen MR) is 113 cm³/mol. The van der Waals surface area contributed by atoms with Crippen molar-refractivity contribution in [3.63, 3.8) is 0 Å². The average Bonchev–Trinajstić information content (AvgIpc) is 2.68. The molecule has 2 aromatic rings. The molecule has 1 aromatic carbocycles. The van der Waals surface area contributed by atoms with E-state index in [9.17, 15) is 9.59 Å². The van der Waals surface area contributed by atoms with Crippen molar-refractivity contribution in [2.24, 2.45) is 17.3 Å². The van der Waals surface area contributed by atoms with Gasteiger partial charge in [0.05, 0.1) is 12.5 Å². The summed E-state index contributed by atoms with van der Waals surface area (Å²) < 4.78 is 17.2. The molecule has 0 spiro atoms. The van der Waals surface area contributed by atoms with Crippen molar-refractivity contribution in [3.05, 3.63) is 52.9 Å². The Morgan fingerprint density at radius 2 is 2.03 bits per heavy atom. The summed E-state index contributed by atoms with van der Waals surface area (Å²) in [6, 6.07) is 8.59. The van der Waals surface area contributed by atoms with Crippen LogP contribution in [0.5, 0.6) is 5.75 Å². The van der Waals surface area contributed by atoms with Crippen molar-refractivity contribution in [3.8, 4) is 5.75 Å². The highest BCUT2D eigenvalue weighted by Crippen LogP contribution is 2.45. The maximum atomic E-state index is 12.3. The molecule has 5 nitrogen and oxygen atoms in total. The van der Waals surface area contributed by atoms with Gasteiger partial charge in [0, 0.05) is 28.9 Å². The van der Waals surface area contributed by atoms with Crippen LogP contribution in [0.2, 0.25) is 0 Å². The van der Waals surface area contributed by atoms with E-state index in [1.54, 1.807) is 12.1 Å². The largest absolute Gasteiger partial charge is 0.493 e. The Bertz CT molecular complexity index is 955. The molecule has 1 aromatic heterocycles. The third-order valence-corrected chi connectivity index (χ3v) is 6.23. The fourth-order valence-corrected chi connectivity index (χ4v) is 3.89. The molecule has 0 bridgehead atoms. The summed E-state index contributed by atoms with van der Waals surface area (Å²) >= 11 is 0. The van der Waals surface area contributed by atoms with Crippen molar-refractivity contribution >= 4 is 16.9 Å². The van der Waals surface area contributed by atoms with Crippen molar-refractivity contribution in [1.29, 1.82) is 0 Å². The second-order valence-electron chi connectivity index (χ2n) is 8.57. The summed E-state index contributed by atoms with van der Waals surface area (Å²) in [5.74, 6) is 0.443. The zero-order valence-corrected chi connectivity index (χ0v) is 17.7. The van der Waals surface area contributed by atoms with Crippen LogP contribution in [0, 0.1) is 17.3 Å². The van der Waals surface area contributed by atoms with Gasteiger partial charge in [-0.15, -0.1) is 0 Å². The van der Waals surface area contributed by atoms with Gasteiger partial charge in [-0.2, -0.15) is 0 Å². The number of rotatable bonds is 6. The van der Waals surface area contributed by atoms with Crippen LogP contribution in [-0.2, 0) is 9.53 Å². The fraction of sp³-hybridized carbons (Fsp3) is 0.500. The van der Waals surface area contributed by atoms with E-state index in [0.717, 1.165) is 30.2 Å². The van der Waals surface area contributed by atoms with E-state index >= 15 is 0 Å². The van der Waals surface area contributed by atoms with Gasteiger partial charge in [-0.1, -0.05) is 39.8 Å². The van der Waals surface area contributed by atoms with Crippen LogP contribution in [0.1, 0.15) is 47.0 Å². The Hall–Kier alpha value is -2.56. The van der Waals surface area contributed by atoms with Gasteiger partial charge in [-0.25, -0.2) is 4.79 Å². The number of ether oxygens (including phenoxy) is 2. The summed E-state index contributed by atoms with van der Waals surface area (Å²) in [7, 11) is 0. The molecule has 0 amide bonds. The van der Waals surface area contributed by atoms with Crippen molar-refractivity contribution in [2.45, 2.75) is 53.1 Å². The number of carbonyl (C=O) groups is 1. The molecule has 3 atom stereocenters. The smallest absolute Gasteiger partial charge is 0.336 e. The first-order chi connectivity index (χ1) is 13.7. The van der Waals surface area contributed by atoms with Gasteiger partial charge in [-0.3, -0.25) is 4.79 Å². The molecule has 5 heteroatoms. The van der Waals surface area contributed by atoms with Crippen LogP contribution in [0.25, 0.3) is 11.0 Å². The molecule has 0 unspecified atom stereocenters. The molecule has 1 aliphatic rings. The highest BCUT2D eigenvalue weighted by Gasteiger charge is 2.45. The lowest BCUT2D eigenvalue weighted by atomic mass is 9.65. The summed E-state index contributed by atoms with van der Waals surface area (Å²) in [5, 5.41) is 0.844. The molecule has 1 saturated carbocycles. The zero-order chi connectivity index (χ0) is 21.2. The van der Waals surface area contributed by atoms with E-state index in [2.05, 4.69) is 20.4 Å². The topological polar surface area (TPSA) is 65.7 Å². The van der Waals surface area contributed by atoms with Gasteiger partial charge in [-0.05, 0) is 37.5 Å². The standard InChI is InChI=1S/C24H30O5/c1-6-15(2)23(26)29-21-11-7-16(3)19(24(21,4)5)14-27-18-10-8-17-9-12-22(25)28-20(17)13-18/h8-10,12-13,15,19,21H,3,6-7,11,14H2,1-2,4-5H3/t15-,19+,21-/m1/s1. The second-order valence-corrected chi connectivity index (χ2v) is 8.57. The van der Waals surface area contributed by atoms with Crippen LogP contribution in [0.15, 0.2) is 51.7 Å². The molecule has 3 rings (SSSR count). The Morgan fingerprint density at radius 3 is 2.76 bits per heavy atom. The molecule has 1 fully saturated rings. The lowest BCUT2D eigenvalue weighted by Crippen LogP contribution is -2.46. The van der Waals surface area contributed by atoms with Crippen molar-refractivity contribution in [1.82, 2.24) is 0 Å². The molecule has 1 heterocycles. The molecule has 0 saturated heterocycles. The van der Waals surface area contributed by atoms with Gasteiger partial charge in [0.25, 0.3) is 0 Å². The van der Waals surface area contributed by atoms with Crippen molar-refractivity contribution < 1.29 is 18.7 Å². The fourth-order valence-electron chi connectivity index (χ4n) is 3.89. The van der Waals surface area contributed by atoms with E-state index in [0.29, 0.717) is 17.9 Å². The average molecular weight is 398 g/mol. The first-order valence-corrected chi connectivity index (χ1v) is 10.3. The van der Waals surface area contributed by atoms with E-state index in [4.69, 9.17) is 13.9 Å². The van der Waals surface area contributed by atoms with Gasteiger partial charge >= 0.3 is 11.6 Å². The maximum Gasteiger partial charge on any atom is 0.336 e. The molecule has 0 N–H and O–H groups in total. The minimum absolute atomic E-state index is 0.0458. The number of benzene rings is 1. The highest BCUT2D eigenvalue weighted by atomic mass is 16.5. The van der Waals surface area contributed by atoms with Crippen LogP contribution in [-0.4, -0.2) is 18.7 Å². The van der Waals surface area contributed by atoms with Crippen LogP contribution in [0.4, 0.5) is 0 Å². The normalized spacial score (nSPS) is 22.3. The Morgan fingerprint density at radius 1 is 1.31 bits per heavy atom. The predicted octanol–water partition coefficient (Wildman–Crippen LogP) is 5.12. The van der Waals surface area contributed by atoms with Gasteiger partial charge in [0.2, 0.25) is 0 Å². The summed E-state index contributed by atoms with van der Waals surface area (Å²) in [6.45, 7) is 12.8. The van der Waals surface area contributed by atoms with Crippen LogP contribution in [0.3, 0.4) is 0 Å². The zero-order valence-electron chi connectivity index (χ0n) is 17.7. The molecule has 1 aliphatic carbocycles. The van der Waals surface area contributed by atoms with Gasteiger partial charge < -0.3 is 13.9 Å². The quantitative estimate of drug-likeness (QED) is 0.384. The van der Waals surface area contributed by atoms with Crippen LogP contribution < -0.4 is 10.4 Å². The Labute approximate surface area is 171 Å². The number of fused-ring (bicyclic) bond motifs is 1. The Balaban J connectivity index is 1.73.